The molecule has 3 heterocycles. The Balaban J connectivity index is 1.71. The molecule has 0 spiro atoms. The van der Waals surface area contributed by atoms with E-state index in [4.69, 9.17) is 4.74 Å². The second-order valence-electron chi connectivity index (χ2n) is 7.74. The Morgan fingerprint density at radius 1 is 1.40 bits per heavy atom. The number of hydrogen-bond acceptors (Lipinski definition) is 3. The van der Waals surface area contributed by atoms with E-state index in [-0.39, 0.29) is 11.9 Å². The molecule has 2 aliphatic heterocycles. The Morgan fingerprint density at radius 3 is 2.96 bits per heavy atom. The molecule has 0 aliphatic carbocycles. The minimum absolute atomic E-state index is 0.00197. The minimum Gasteiger partial charge on any atom is -0.469 e. The molecular formula is C21H28N2O2. The number of methoxy groups -OCH3 is 1. The molecule has 1 N–H and O–H groups in total. The standard InChI is InChI=1S/C21H28N2O2/c1-4-13(2)16-11-19-20-15(14-7-5-6-8-18(14)22-20)9-10-23(19)12-17(16)21(24)25-3/h5-8,13,16-17,19,22H,4,9-12H2,1-3H3/t13?,16-,17?,19+/m1/s1. The lowest BCUT2D eigenvalue weighted by atomic mass is 9.72. The lowest BCUT2D eigenvalue weighted by molar-refractivity contribution is -0.152. The van der Waals surface area contributed by atoms with Crippen molar-refractivity contribution in [3.8, 4) is 0 Å². The minimum atomic E-state index is -0.0359. The van der Waals surface area contributed by atoms with Crippen LogP contribution in [0.25, 0.3) is 10.9 Å². The van der Waals surface area contributed by atoms with E-state index in [0.717, 1.165) is 32.4 Å². The van der Waals surface area contributed by atoms with Crippen molar-refractivity contribution in [3.63, 3.8) is 0 Å². The Labute approximate surface area is 149 Å². The summed E-state index contributed by atoms with van der Waals surface area (Å²) in [5.41, 5.74) is 4.10. The van der Waals surface area contributed by atoms with Gasteiger partial charge in [0.1, 0.15) is 0 Å². The van der Waals surface area contributed by atoms with Crippen LogP contribution in [0.15, 0.2) is 24.3 Å². The summed E-state index contributed by atoms with van der Waals surface area (Å²) in [7, 11) is 1.52. The number of piperidine rings is 1. The smallest absolute Gasteiger partial charge is 0.310 e. The summed E-state index contributed by atoms with van der Waals surface area (Å²) < 4.78 is 5.14. The molecular weight excluding hydrogens is 312 g/mol. The Kier molecular flexibility index (Phi) is 4.32. The molecule has 25 heavy (non-hydrogen) atoms. The maximum atomic E-state index is 12.4. The second-order valence-corrected chi connectivity index (χ2v) is 7.74. The third-order valence-corrected chi connectivity index (χ3v) is 6.59. The summed E-state index contributed by atoms with van der Waals surface area (Å²) >= 11 is 0. The lowest BCUT2D eigenvalue weighted by Gasteiger charge is -2.47. The van der Waals surface area contributed by atoms with Gasteiger partial charge < -0.3 is 9.72 Å². The van der Waals surface area contributed by atoms with Crippen LogP contribution in [-0.2, 0) is 16.0 Å². The van der Waals surface area contributed by atoms with E-state index in [0.29, 0.717) is 17.9 Å². The first kappa shape index (κ1) is 16.6. The Bertz CT molecular complexity index is 781. The number of rotatable bonds is 3. The van der Waals surface area contributed by atoms with Gasteiger partial charge in [0.15, 0.2) is 0 Å². The SMILES string of the molecule is CCC(C)[C@H]1C[C@H]2c3[nH]c4ccccc4c3CCN2CC1C(=O)OC. The normalized spacial score (nSPS) is 27.6. The van der Waals surface area contributed by atoms with Crippen molar-refractivity contribution in [2.75, 3.05) is 20.2 Å². The molecule has 0 saturated carbocycles. The van der Waals surface area contributed by atoms with E-state index in [2.05, 4.69) is 48.0 Å². The van der Waals surface area contributed by atoms with E-state index >= 15 is 0 Å². The molecule has 2 aliphatic rings. The molecule has 4 atom stereocenters. The van der Waals surface area contributed by atoms with Crippen molar-refractivity contribution in [1.29, 1.82) is 0 Å². The molecule has 1 aromatic carbocycles. The highest BCUT2D eigenvalue weighted by Crippen LogP contribution is 2.45. The average molecular weight is 340 g/mol. The van der Waals surface area contributed by atoms with Crippen molar-refractivity contribution >= 4 is 16.9 Å². The van der Waals surface area contributed by atoms with Crippen LogP contribution >= 0.6 is 0 Å². The van der Waals surface area contributed by atoms with Gasteiger partial charge in [-0.15, -0.1) is 0 Å². The summed E-state index contributed by atoms with van der Waals surface area (Å²) in [5.74, 6) is 0.880. The van der Waals surface area contributed by atoms with Gasteiger partial charge in [-0.05, 0) is 36.3 Å². The van der Waals surface area contributed by atoms with Gasteiger partial charge in [-0.3, -0.25) is 9.69 Å². The number of ether oxygens (including phenoxy) is 1. The molecule has 0 bridgehead atoms. The van der Waals surface area contributed by atoms with Crippen LogP contribution < -0.4 is 0 Å². The molecule has 2 unspecified atom stereocenters. The van der Waals surface area contributed by atoms with E-state index in [1.54, 1.807) is 0 Å². The van der Waals surface area contributed by atoms with Crippen LogP contribution in [0.5, 0.6) is 0 Å². The third-order valence-electron chi connectivity index (χ3n) is 6.59. The fourth-order valence-electron chi connectivity index (χ4n) is 5.00. The molecule has 4 rings (SSSR count). The monoisotopic (exact) mass is 340 g/mol. The lowest BCUT2D eigenvalue weighted by Crippen LogP contribution is -2.49. The molecule has 134 valence electrons. The predicted molar refractivity (Wildman–Crippen MR) is 99.4 cm³/mol. The van der Waals surface area contributed by atoms with Gasteiger partial charge in [0.2, 0.25) is 0 Å². The molecule has 0 amide bonds. The number of hydrogen-bond donors (Lipinski definition) is 1. The number of aromatic amines is 1. The summed E-state index contributed by atoms with van der Waals surface area (Å²) in [6, 6.07) is 9.02. The molecule has 1 aromatic heterocycles. The number of carbonyl (C=O) groups excluding carboxylic acids is 1. The van der Waals surface area contributed by atoms with Crippen LogP contribution in [0.2, 0.25) is 0 Å². The summed E-state index contributed by atoms with van der Waals surface area (Å²) in [6.45, 7) is 6.35. The van der Waals surface area contributed by atoms with Gasteiger partial charge in [-0.2, -0.15) is 0 Å². The first-order chi connectivity index (χ1) is 12.1. The second kappa shape index (κ2) is 6.49. The van der Waals surface area contributed by atoms with Gasteiger partial charge in [0.25, 0.3) is 0 Å². The first-order valence-corrected chi connectivity index (χ1v) is 9.55. The molecule has 1 fully saturated rings. The number of nitrogens with zero attached hydrogens (tertiary/aromatic N) is 1. The summed E-state index contributed by atoms with van der Waals surface area (Å²) in [5, 5.41) is 1.37. The van der Waals surface area contributed by atoms with Gasteiger partial charge in [0.05, 0.1) is 19.1 Å². The maximum Gasteiger partial charge on any atom is 0.310 e. The van der Waals surface area contributed by atoms with Crippen LogP contribution in [0, 0.1) is 17.8 Å². The highest BCUT2D eigenvalue weighted by atomic mass is 16.5. The van der Waals surface area contributed by atoms with Crippen molar-refractivity contribution in [2.45, 2.75) is 39.2 Å². The average Bonchev–Trinajstić information content (AvgIpc) is 3.04. The zero-order chi connectivity index (χ0) is 17.6. The molecule has 0 radical (unpaired) electrons. The van der Waals surface area contributed by atoms with Gasteiger partial charge >= 0.3 is 5.97 Å². The van der Waals surface area contributed by atoms with E-state index < -0.39 is 0 Å². The van der Waals surface area contributed by atoms with Gasteiger partial charge in [-0.1, -0.05) is 38.5 Å². The number of benzene rings is 1. The van der Waals surface area contributed by atoms with Gasteiger partial charge in [-0.25, -0.2) is 0 Å². The fraction of sp³-hybridized carbons (Fsp3) is 0.571. The highest BCUT2D eigenvalue weighted by Gasteiger charge is 2.44. The number of carbonyl (C=O) groups is 1. The quantitative estimate of drug-likeness (QED) is 0.861. The van der Waals surface area contributed by atoms with Crippen LogP contribution in [0.3, 0.4) is 0 Å². The Morgan fingerprint density at radius 2 is 2.20 bits per heavy atom. The number of H-pyrrole nitrogens is 1. The molecule has 1 saturated heterocycles. The van der Waals surface area contributed by atoms with Crippen molar-refractivity contribution < 1.29 is 9.53 Å². The number of nitrogens with one attached hydrogen (secondary N) is 1. The van der Waals surface area contributed by atoms with E-state index in [9.17, 15) is 4.79 Å². The van der Waals surface area contributed by atoms with Crippen molar-refractivity contribution in [1.82, 2.24) is 9.88 Å². The van der Waals surface area contributed by atoms with E-state index in [1.807, 2.05) is 0 Å². The topological polar surface area (TPSA) is 45.3 Å². The largest absolute Gasteiger partial charge is 0.469 e. The number of aromatic nitrogens is 1. The van der Waals surface area contributed by atoms with Crippen LogP contribution in [0.1, 0.15) is 44.0 Å². The maximum absolute atomic E-state index is 12.4. The molecule has 4 heteroatoms. The number of esters is 1. The zero-order valence-electron chi connectivity index (χ0n) is 15.4. The summed E-state index contributed by atoms with van der Waals surface area (Å²) in [6.07, 6.45) is 3.19. The zero-order valence-corrected chi connectivity index (χ0v) is 15.4. The molecule has 4 nitrogen and oxygen atoms in total. The van der Waals surface area contributed by atoms with Crippen LogP contribution in [-0.4, -0.2) is 36.1 Å². The predicted octanol–water partition coefficient (Wildman–Crippen LogP) is 3.92. The van der Waals surface area contributed by atoms with Crippen molar-refractivity contribution in [3.05, 3.63) is 35.5 Å². The number of fused-ring (bicyclic) bond motifs is 5. The molecule has 2 aromatic rings. The van der Waals surface area contributed by atoms with Crippen LogP contribution in [0.4, 0.5) is 0 Å². The highest BCUT2D eigenvalue weighted by molar-refractivity contribution is 5.85. The third kappa shape index (κ3) is 2.67. The Hall–Kier alpha value is -1.81. The fourth-order valence-corrected chi connectivity index (χ4v) is 5.00. The van der Waals surface area contributed by atoms with Crippen molar-refractivity contribution in [2.24, 2.45) is 17.8 Å². The summed E-state index contributed by atoms with van der Waals surface area (Å²) in [4.78, 5) is 18.6. The number of para-hydroxylation sites is 1. The van der Waals surface area contributed by atoms with E-state index in [1.165, 1.54) is 29.3 Å². The first-order valence-electron chi connectivity index (χ1n) is 9.55. The van der Waals surface area contributed by atoms with Gasteiger partial charge in [0, 0.05) is 29.7 Å².